The summed E-state index contributed by atoms with van der Waals surface area (Å²) in [5, 5.41) is 2.34. The Morgan fingerprint density at radius 1 is 1.56 bits per heavy atom. The first-order valence-corrected chi connectivity index (χ1v) is 3.51. The van der Waals surface area contributed by atoms with Crippen molar-refractivity contribution in [1.29, 1.82) is 0 Å². The molecular formula is C6H13N2S+. The summed E-state index contributed by atoms with van der Waals surface area (Å²) in [6, 6.07) is 0. The molecule has 2 nitrogen and oxygen atoms in total. The molecule has 0 unspecified atom stereocenters. The maximum Gasteiger partial charge on any atom is 0.0785 e. The van der Waals surface area contributed by atoms with E-state index in [1.165, 1.54) is 4.90 Å². The molecule has 0 amide bonds. The van der Waals surface area contributed by atoms with Crippen molar-refractivity contribution in [1.82, 2.24) is 0 Å². The van der Waals surface area contributed by atoms with Gasteiger partial charge in [-0.1, -0.05) is 0 Å². The zero-order valence-corrected chi connectivity index (χ0v) is 6.79. The maximum atomic E-state index is 4.41. The topological polar surface area (TPSA) is 16.8 Å². The first kappa shape index (κ1) is 8.76. The molecule has 9 heavy (non-hydrogen) atoms. The fraction of sp³-hybridized carbons (Fsp3) is 0.833. The van der Waals surface area contributed by atoms with Gasteiger partial charge >= 0.3 is 0 Å². The molecule has 0 radical (unpaired) electrons. The molecule has 0 spiro atoms. The summed E-state index contributed by atoms with van der Waals surface area (Å²) in [6.45, 7) is 1.98. The Morgan fingerprint density at radius 3 is 2.67 bits per heavy atom. The van der Waals surface area contributed by atoms with Crippen molar-refractivity contribution in [2.24, 2.45) is 4.99 Å². The molecule has 0 aromatic carbocycles. The lowest BCUT2D eigenvalue weighted by Crippen LogP contribution is -3.05. The molecule has 1 N–H and O–H groups in total. The van der Waals surface area contributed by atoms with Crippen LogP contribution in [-0.2, 0) is 0 Å². The third kappa shape index (κ3) is 7.76. The number of quaternary nitrogens is 1. The second-order valence-corrected chi connectivity index (χ2v) is 2.47. The molecule has 0 fully saturated rings. The zero-order chi connectivity index (χ0) is 7.11. The van der Waals surface area contributed by atoms with E-state index in [1.807, 2.05) is 0 Å². The number of aliphatic imine (C=N–C) groups is 1. The number of hydrogen-bond donors (Lipinski definition) is 1. The molecule has 0 bridgehead atoms. The lowest BCUT2D eigenvalue weighted by Gasteiger charge is -2.03. The van der Waals surface area contributed by atoms with Gasteiger partial charge in [0.05, 0.1) is 32.3 Å². The second kappa shape index (κ2) is 5.89. The Hall–Kier alpha value is -0.240. The number of nitrogens with one attached hydrogen (secondary N) is 1. The Balaban J connectivity index is 3.00. The molecule has 0 atom stereocenters. The number of nitrogens with zero attached hydrogens (tertiary/aromatic N) is 1. The van der Waals surface area contributed by atoms with Gasteiger partial charge in [0.1, 0.15) is 0 Å². The van der Waals surface area contributed by atoms with Crippen LogP contribution in [0.5, 0.6) is 0 Å². The van der Waals surface area contributed by atoms with Crippen molar-refractivity contribution in [3.05, 3.63) is 0 Å². The highest BCUT2D eigenvalue weighted by atomic mass is 32.1. The number of hydrogen-bond acceptors (Lipinski definition) is 2. The minimum atomic E-state index is 0.828. The van der Waals surface area contributed by atoms with Gasteiger partial charge in [-0.3, -0.25) is 0 Å². The van der Waals surface area contributed by atoms with Gasteiger partial charge in [-0.15, -0.1) is 0 Å². The predicted octanol–water partition coefficient (Wildman–Crippen LogP) is -0.376. The van der Waals surface area contributed by atoms with E-state index < -0.39 is 0 Å². The number of rotatable bonds is 4. The van der Waals surface area contributed by atoms with Crippen LogP contribution in [0.3, 0.4) is 0 Å². The molecule has 52 valence electrons. The molecule has 0 saturated carbocycles. The molecular weight excluding hydrogens is 132 g/mol. The van der Waals surface area contributed by atoms with E-state index in [0.29, 0.717) is 0 Å². The summed E-state index contributed by atoms with van der Waals surface area (Å²) in [5.41, 5.74) is 0. The summed E-state index contributed by atoms with van der Waals surface area (Å²) in [6.07, 6.45) is 1.10. The van der Waals surface area contributed by atoms with Gasteiger partial charge in [-0.2, -0.15) is 0 Å². The smallest absolute Gasteiger partial charge is 0.0785 e. The SMILES string of the molecule is C[NH+](C)CCCN=C=S. The molecule has 0 heterocycles. The molecule has 0 rings (SSSR count). The first-order chi connectivity index (χ1) is 4.27. The van der Waals surface area contributed by atoms with E-state index in [1.54, 1.807) is 0 Å². The van der Waals surface area contributed by atoms with Crippen molar-refractivity contribution < 1.29 is 4.90 Å². The molecule has 3 heteroatoms. The molecule has 0 aliphatic carbocycles. The van der Waals surface area contributed by atoms with Gasteiger partial charge < -0.3 is 4.90 Å². The van der Waals surface area contributed by atoms with Gasteiger partial charge in [0.15, 0.2) is 0 Å². The molecule has 0 aromatic heterocycles. The van der Waals surface area contributed by atoms with E-state index >= 15 is 0 Å². The van der Waals surface area contributed by atoms with Crippen LogP contribution >= 0.6 is 12.2 Å². The number of thiocarbonyl (C=S) groups is 1. The molecule has 0 saturated heterocycles. The van der Waals surface area contributed by atoms with Gasteiger partial charge in [0.2, 0.25) is 0 Å². The largest absolute Gasteiger partial charge is 0.340 e. The van der Waals surface area contributed by atoms with Crippen molar-refractivity contribution in [3.8, 4) is 0 Å². The van der Waals surface area contributed by atoms with Crippen LogP contribution in [-0.4, -0.2) is 32.3 Å². The fourth-order valence-corrected chi connectivity index (χ4v) is 0.649. The average molecular weight is 145 g/mol. The first-order valence-electron chi connectivity index (χ1n) is 3.10. The van der Waals surface area contributed by atoms with E-state index in [4.69, 9.17) is 0 Å². The fourth-order valence-electron chi connectivity index (χ4n) is 0.557. The van der Waals surface area contributed by atoms with Crippen LogP contribution in [0, 0.1) is 0 Å². The Labute approximate surface area is 61.6 Å². The third-order valence-electron chi connectivity index (χ3n) is 1.01. The minimum absolute atomic E-state index is 0.828. The van der Waals surface area contributed by atoms with Crippen LogP contribution in [0.2, 0.25) is 0 Å². The van der Waals surface area contributed by atoms with Crippen LogP contribution in [0.1, 0.15) is 6.42 Å². The van der Waals surface area contributed by atoms with Crippen LogP contribution in [0.4, 0.5) is 0 Å². The molecule has 0 aliphatic rings. The quantitative estimate of drug-likeness (QED) is 0.324. The highest BCUT2D eigenvalue weighted by Gasteiger charge is 1.89. The van der Waals surface area contributed by atoms with Gasteiger partial charge in [-0.05, 0) is 12.2 Å². The van der Waals surface area contributed by atoms with Crippen molar-refractivity contribution >= 4 is 17.4 Å². The summed E-state index contributed by atoms with van der Waals surface area (Å²) in [4.78, 5) is 5.25. The molecule has 0 aromatic rings. The minimum Gasteiger partial charge on any atom is -0.340 e. The lowest BCUT2D eigenvalue weighted by atomic mass is 10.4. The van der Waals surface area contributed by atoms with E-state index in [0.717, 1.165) is 19.5 Å². The summed E-state index contributed by atoms with van der Waals surface area (Å²) in [7, 11) is 4.25. The normalized spacial score (nSPS) is 9.22. The van der Waals surface area contributed by atoms with Crippen LogP contribution in [0.25, 0.3) is 0 Å². The van der Waals surface area contributed by atoms with Crippen LogP contribution in [0.15, 0.2) is 4.99 Å². The van der Waals surface area contributed by atoms with Crippen molar-refractivity contribution in [2.75, 3.05) is 27.2 Å². The van der Waals surface area contributed by atoms with E-state index in [-0.39, 0.29) is 0 Å². The Bertz CT molecular complexity index is 106. The predicted molar refractivity (Wildman–Crippen MR) is 42.2 cm³/mol. The summed E-state index contributed by atoms with van der Waals surface area (Å²) < 4.78 is 0. The van der Waals surface area contributed by atoms with Gasteiger partial charge in [0, 0.05) is 6.42 Å². The molecule has 0 aliphatic heterocycles. The number of isothiocyanates is 1. The third-order valence-corrected chi connectivity index (χ3v) is 1.14. The van der Waals surface area contributed by atoms with Crippen molar-refractivity contribution in [2.45, 2.75) is 6.42 Å². The van der Waals surface area contributed by atoms with E-state index in [9.17, 15) is 0 Å². The second-order valence-electron chi connectivity index (χ2n) is 2.28. The highest BCUT2D eigenvalue weighted by Crippen LogP contribution is 1.72. The van der Waals surface area contributed by atoms with Gasteiger partial charge in [-0.25, -0.2) is 4.99 Å². The standard InChI is InChI=1S/C6H12N2S/c1-8(2)5-3-4-7-6-9/h3-5H2,1-2H3/p+1. The Morgan fingerprint density at radius 2 is 2.22 bits per heavy atom. The van der Waals surface area contributed by atoms with Crippen LogP contribution < -0.4 is 4.90 Å². The Kier molecular flexibility index (Phi) is 5.73. The maximum absolute atomic E-state index is 4.41. The highest BCUT2D eigenvalue weighted by molar-refractivity contribution is 7.78. The average Bonchev–Trinajstić information content (AvgIpc) is 1.80. The van der Waals surface area contributed by atoms with E-state index in [2.05, 4.69) is 36.5 Å². The lowest BCUT2D eigenvalue weighted by molar-refractivity contribution is -0.858. The summed E-state index contributed by atoms with van der Waals surface area (Å²) >= 11 is 4.41. The zero-order valence-electron chi connectivity index (χ0n) is 5.98. The monoisotopic (exact) mass is 145 g/mol. The van der Waals surface area contributed by atoms with Crippen molar-refractivity contribution in [3.63, 3.8) is 0 Å². The van der Waals surface area contributed by atoms with Gasteiger partial charge in [0.25, 0.3) is 0 Å². The summed E-state index contributed by atoms with van der Waals surface area (Å²) in [5.74, 6) is 0.